The number of aliphatic hydroxyl groups is 1. The highest BCUT2D eigenvalue weighted by molar-refractivity contribution is 5.16. The second kappa shape index (κ2) is 12.2. The van der Waals surface area contributed by atoms with E-state index < -0.39 is 24.1 Å². The van der Waals surface area contributed by atoms with Gasteiger partial charge in [0.25, 0.3) is 0 Å². The lowest BCUT2D eigenvalue weighted by Crippen LogP contribution is -2.52. The molecule has 0 unspecified atom stereocenters. The third-order valence-electron chi connectivity index (χ3n) is 5.86. The Hall–Kier alpha value is -2.58. The first-order valence-electron chi connectivity index (χ1n) is 11.5. The molecule has 4 rings (SSSR count). The van der Waals surface area contributed by atoms with Crippen molar-refractivity contribution in [3.8, 4) is 0 Å². The topological polar surface area (TPSA) is 66.4 Å². The van der Waals surface area contributed by atoms with Crippen LogP contribution in [0.2, 0.25) is 0 Å². The van der Waals surface area contributed by atoms with Crippen molar-refractivity contribution < 1.29 is 28.8 Å². The van der Waals surface area contributed by atoms with Gasteiger partial charge in [0.15, 0.2) is 6.29 Å². The number of ether oxygens (including phenoxy) is 5. The molecule has 1 fully saturated rings. The summed E-state index contributed by atoms with van der Waals surface area (Å²) >= 11 is 0. The van der Waals surface area contributed by atoms with Crippen molar-refractivity contribution >= 4 is 0 Å². The van der Waals surface area contributed by atoms with E-state index in [2.05, 4.69) is 0 Å². The van der Waals surface area contributed by atoms with E-state index in [9.17, 15) is 5.11 Å². The number of rotatable bonds is 12. The zero-order valence-electron chi connectivity index (χ0n) is 19.4. The van der Waals surface area contributed by atoms with E-state index in [-0.39, 0.29) is 13.2 Å². The first-order valence-corrected chi connectivity index (χ1v) is 11.5. The number of methoxy groups -OCH3 is 1. The van der Waals surface area contributed by atoms with Crippen molar-refractivity contribution in [1.29, 1.82) is 0 Å². The molecule has 180 valence electrons. The molecule has 0 aromatic heterocycles. The van der Waals surface area contributed by atoms with Crippen LogP contribution in [-0.4, -0.2) is 49.5 Å². The normalized spacial score (nSPS) is 24.4. The summed E-state index contributed by atoms with van der Waals surface area (Å²) in [6.07, 6.45) is -2.50. The molecule has 0 bridgehead atoms. The fourth-order valence-electron chi connectivity index (χ4n) is 4.20. The van der Waals surface area contributed by atoms with Gasteiger partial charge in [0, 0.05) is 7.11 Å². The predicted molar refractivity (Wildman–Crippen MR) is 128 cm³/mol. The Labute approximate surface area is 201 Å². The van der Waals surface area contributed by atoms with Gasteiger partial charge in [-0.1, -0.05) is 91.0 Å². The van der Waals surface area contributed by atoms with Gasteiger partial charge < -0.3 is 28.8 Å². The Kier molecular flexibility index (Phi) is 8.82. The van der Waals surface area contributed by atoms with Gasteiger partial charge in [0.05, 0.1) is 33.0 Å². The SMILES string of the molecule is COC[C@]1(COCc2ccccc2)O[C@@H](O)[C@H](OCc2ccccc2)[C@@H]1OCc1ccccc1. The Balaban J connectivity index is 1.51. The quantitative estimate of drug-likeness (QED) is 0.435. The molecule has 1 N–H and O–H groups in total. The molecular formula is C28H32O6. The molecule has 1 heterocycles. The minimum Gasteiger partial charge on any atom is -0.381 e. The van der Waals surface area contributed by atoms with Crippen LogP contribution >= 0.6 is 0 Å². The van der Waals surface area contributed by atoms with Gasteiger partial charge in [0.2, 0.25) is 0 Å². The van der Waals surface area contributed by atoms with E-state index in [1.807, 2.05) is 91.0 Å². The average molecular weight is 465 g/mol. The standard InChI is InChI=1S/C28H32O6/c1-30-20-28(21-31-17-22-11-5-2-6-12-22)26(33-19-24-15-9-4-10-16-24)25(27(29)34-28)32-18-23-13-7-3-8-14-23/h2-16,25-27,29H,17-21H2,1H3/t25-,26+,27-,28-/m1/s1. The largest absolute Gasteiger partial charge is 0.381 e. The van der Waals surface area contributed by atoms with Crippen LogP contribution in [0.1, 0.15) is 16.7 Å². The molecular weight excluding hydrogens is 432 g/mol. The number of hydrogen-bond acceptors (Lipinski definition) is 6. The van der Waals surface area contributed by atoms with Crippen LogP contribution in [0.25, 0.3) is 0 Å². The molecule has 1 saturated heterocycles. The molecule has 3 aromatic carbocycles. The molecule has 4 atom stereocenters. The molecule has 6 heteroatoms. The summed E-state index contributed by atoms with van der Waals surface area (Å²) in [5, 5.41) is 10.9. The van der Waals surface area contributed by atoms with Gasteiger partial charge >= 0.3 is 0 Å². The Morgan fingerprint density at radius 3 is 1.74 bits per heavy atom. The molecule has 1 aliphatic heterocycles. The van der Waals surface area contributed by atoms with Crippen LogP contribution in [0.4, 0.5) is 0 Å². The summed E-state index contributed by atoms with van der Waals surface area (Å²) in [6, 6.07) is 29.6. The third-order valence-corrected chi connectivity index (χ3v) is 5.86. The minimum absolute atomic E-state index is 0.178. The fourth-order valence-corrected chi connectivity index (χ4v) is 4.20. The lowest BCUT2D eigenvalue weighted by Gasteiger charge is -2.34. The first kappa shape index (κ1) is 24.5. The first-order chi connectivity index (χ1) is 16.7. The highest BCUT2D eigenvalue weighted by Gasteiger charge is 2.57. The van der Waals surface area contributed by atoms with E-state index in [0.29, 0.717) is 19.8 Å². The van der Waals surface area contributed by atoms with Crippen LogP contribution in [-0.2, 0) is 43.5 Å². The molecule has 0 spiro atoms. The van der Waals surface area contributed by atoms with E-state index in [1.165, 1.54) is 0 Å². The third kappa shape index (κ3) is 6.30. The van der Waals surface area contributed by atoms with Gasteiger partial charge in [0.1, 0.15) is 17.8 Å². The second-order valence-corrected chi connectivity index (χ2v) is 8.46. The molecule has 0 saturated carbocycles. The zero-order chi connectivity index (χ0) is 23.6. The zero-order valence-corrected chi connectivity index (χ0v) is 19.4. The van der Waals surface area contributed by atoms with Gasteiger partial charge in [-0.15, -0.1) is 0 Å². The summed E-state index contributed by atoms with van der Waals surface area (Å²) in [6.45, 7) is 1.44. The van der Waals surface area contributed by atoms with E-state index in [0.717, 1.165) is 16.7 Å². The van der Waals surface area contributed by atoms with Gasteiger partial charge in [-0.05, 0) is 16.7 Å². The fraction of sp³-hybridized carbons (Fsp3) is 0.357. The van der Waals surface area contributed by atoms with Crippen molar-refractivity contribution in [2.45, 2.75) is 43.9 Å². The number of hydrogen-bond donors (Lipinski definition) is 1. The predicted octanol–water partition coefficient (Wildman–Crippen LogP) is 4.11. The van der Waals surface area contributed by atoms with E-state index in [4.69, 9.17) is 23.7 Å². The van der Waals surface area contributed by atoms with Crippen LogP contribution in [0.3, 0.4) is 0 Å². The van der Waals surface area contributed by atoms with Crippen molar-refractivity contribution in [3.05, 3.63) is 108 Å². The van der Waals surface area contributed by atoms with Crippen LogP contribution in [0.15, 0.2) is 91.0 Å². The Bertz CT molecular complexity index is 968. The maximum Gasteiger partial charge on any atom is 0.184 e. The smallest absolute Gasteiger partial charge is 0.184 e. The van der Waals surface area contributed by atoms with Crippen molar-refractivity contribution in [2.75, 3.05) is 20.3 Å². The monoisotopic (exact) mass is 464 g/mol. The highest BCUT2D eigenvalue weighted by atomic mass is 16.7. The maximum absolute atomic E-state index is 10.9. The van der Waals surface area contributed by atoms with Crippen molar-refractivity contribution in [1.82, 2.24) is 0 Å². The van der Waals surface area contributed by atoms with Crippen molar-refractivity contribution in [3.63, 3.8) is 0 Å². The molecule has 3 aromatic rings. The molecule has 6 nitrogen and oxygen atoms in total. The van der Waals surface area contributed by atoms with Gasteiger partial charge in [-0.3, -0.25) is 0 Å². The summed E-state index contributed by atoms with van der Waals surface area (Å²) in [5.41, 5.74) is 2.04. The second-order valence-electron chi connectivity index (χ2n) is 8.46. The highest BCUT2D eigenvalue weighted by Crippen LogP contribution is 2.36. The van der Waals surface area contributed by atoms with Crippen LogP contribution in [0.5, 0.6) is 0 Å². The summed E-state index contributed by atoms with van der Waals surface area (Å²) < 4.78 is 30.2. The van der Waals surface area contributed by atoms with E-state index >= 15 is 0 Å². The minimum atomic E-state index is -1.18. The Morgan fingerprint density at radius 2 is 1.21 bits per heavy atom. The summed E-state index contributed by atoms with van der Waals surface area (Å²) in [7, 11) is 1.60. The summed E-state index contributed by atoms with van der Waals surface area (Å²) in [5.74, 6) is 0. The van der Waals surface area contributed by atoms with Gasteiger partial charge in [-0.25, -0.2) is 0 Å². The number of benzene rings is 3. The summed E-state index contributed by atoms with van der Waals surface area (Å²) in [4.78, 5) is 0. The van der Waals surface area contributed by atoms with E-state index in [1.54, 1.807) is 7.11 Å². The lowest BCUT2D eigenvalue weighted by molar-refractivity contribution is -0.204. The molecule has 1 aliphatic rings. The average Bonchev–Trinajstić information content (AvgIpc) is 3.13. The molecule has 34 heavy (non-hydrogen) atoms. The molecule has 0 amide bonds. The van der Waals surface area contributed by atoms with Crippen molar-refractivity contribution in [2.24, 2.45) is 0 Å². The van der Waals surface area contributed by atoms with Crippen LogP contribution < -0.4 is 0 Å². The Morgan fingerprint density at radius 1 is 0.706 bits per heavy atom. The molecule has 0 radical (unpaired) electrons. The maximum atomic E-state index is 10.9. The van der Waals surface area contributed by atoms with Gasteiger partial charge in [-0.2, -0.15) is 0 Å². The number of aliphatic hydroxyl groups excluding tert-OH is 1. The lowest BCUT2D eigenvalue weighted by atomic mass is 9.96. The van der Waals surface area contributed by atoms with Crippen LogP contribution in [0, 0.1) is 0 Å². The molecule has 0 aliphatic carbocycles.